The molecule has 0 spiro atoms. The molecule has 0 aliphatic carbocycles. The van der Waals surface area contributed by atoms with Gasteiger partial charge in [-0.1, -0.05) is 12.1 Å². The fourth-order valence-corrected chi connectivity index (χ4v) is 3.75. The molecule has 122 valence electrons. The highest BCUT2D eigenvalue weighted by molar-refractivity contribution is 8.00. The third-order valence-corrected chi connectivity index (χ3v) is 5.24. The number of thiazole rings is 1. The smallest absolute Gasteiger partial charge is 0.316 e. The molecule has 7 heteroatoms. The molecule has 23 heavy (non-hydrogen) atoms. The number of hydrogen-bond donors (Lipinski definition) is 1. The van der Waals surface area contributed by atoms with Crippen molar-refractivity contribution >= 4 is 35.0 Å². The van der Waals surface area contributed by atoms with Crippen LogP contribution in [0, 0.1) is 6.92 Å². The predicted octanol–water partition coefficient (Wildman–Crippen LogP) is 3.29. The van der Waals surface area contributed by atoms with Gasteiger partial charge in [-0.15, -0.1) is 23.1 Å². The van der Waals surface area contributed by atoms with Crippen LogP contribution in [-0.4, -0.2) is 39.2 Å². The molecule has 2 rings (SSSR count). The van der Waals surface area contributed by atoms with Crippen LogP contribution in [0.2, 0.25) is 0 Å². The standard InChI is InChI=1S/C16H18N2O3S2/c1-10(16(20)21)22-14-7-5-4-6-13(14)15(19)18(3)9-12-8-17-11(2)23-12/h4-8,10H,9H2,1-3H3,(H,20,21). The number of carbonyl (C=O) groups is 2. The fourth-order valence-electron chi connectivity index (χ4n) is 1.98. The minimum absolute atomic E-state index is 0.128. The summed E-state index contributed by atoms with van der Waals surface area (Å²) in [7, 11) is 1.74. The van der Waals surface area contributed by atoms with E-state index in [1.54, 1.807) is 60.7 Å². The van der Waals surface area contributed by atoms with Crippen LogP contribution in [0.15, 0.2) is 35.4 Å². The molecule has 1 atom stereocenters. The van der Waals surface area contributed by atoms with Crippen LogP contribution in [0.25, 0.3) is 0 Å². The van der Waals surface area contributed by atoms with Crippen LogP contribution in [0.5, 0.6) is 0 Å². The van der Waals surface area contributed by atoms with Crippen molar-refractivity contribution in [2.24, 2.45) is 0 Å². The van der Waals surface area contributed by atoms with E-state index in [4.69, 9.17) is 5.11 Å². The lowest BCUT2D eigenvalue weighted by molar-refractivity contribution is -0.136. The van der Waals surface area contributed by atoms with Crippen LogP contribution in [0.1, 0.15) is 27.2 Å². The number of hydrogen-bond acceptors (Lipinski definition) is 5. The molecule has 2 aromatic rings. The van der Waals surface area contributed by atoms with Crippen LogP contribution in [-0.2, 0) is 11.3 Å². The summed E-state index contributed by atoms with van der Waals surface area (Å²) >= 11 is 2.74. The number of aromatic nitrogens is 1. The fraction of sp³-hybridized carbons (Fsp3) is 0.312. The van der Waals surface area contributed by atoms with E-state index in [0.717, 1.165) is 9.88 Å². The summed E-state index contributed by atoms with van der Waals surface area (Å²) in [6, 6.07) is 7.10. The molecule has 1 amide bonds. The van der Waals surface area contributed by atoms with Crippen molar-refractivity contribution in [3.05, 3.63) is 45.9 Å². The largest absolute Gasteiger partial charge is 0.480 e. The van der Waals surface area contributed by atoms with E-state index >= 15 is 0 Å². The number of carboxylic acids is 1. The Morgan fingerprint density at radius 1 is 1.39 bits per heavy atom. The van der Waals surface area contributed by atoms with Crippen molar-refractivity contribution in [3.8, 4) is 0 Å². The van der Waals surface area contributed by atoms with E-state index in [1.807, 2.05) is 6.92 Å². The minimum atomic E-state index is -0.897. The quantitative estimate of drug-likeness (QED) is 0.810. The highest BCUT2D eigenvalue weighted by atomic mass is 32.2. The highest BCUT2D eigenvalue weighted by Crippen LogP contribution is 2.28. The first-order valence-corrected chi connectivity index (χ1v) is 8.73. The second kappa shape index (κ2) is 7.61. The number of amides is 1. The van der Waals surface area contributed by atoms with Gasteiger partial charge in [0.05, 0.1) is 17.1 Å². The molecule has 0 saturated carbocycles. The van der Waals surface area contributed by atoms with Gasteiger partial charge in [0.2, 0.25) is 0 Å². The lowest BCUT2D eigenvalue weighted by Gasteiger charge is -2.18. The van der Waals surface area contributed by atoms with Crippen LogP contribution in [0.4, 0.5) is 0 Å². The van der Waals surface area contributed by atoms with Gasteiger partial charge >= 0.3 is 5.97 Å². The molecule has 1 unspecified atom stereocenters. The summed E-state index contributed by atoms with van der Waals surface area (Å²) in [4.78, 5) is 31.2. The van der Waals surface area contributed by atoms with Gasteiger partial charge in [0.1, 0.15) is 5.25 Å². The Kier molecular flexibility index (Phi) is 5.79. The maximum atomic E-state index is 12.7. The third kappa shape index (κ3) is 4.56. The molecular weight excluding hydrogens is 332 g/mol. The second-order valence-corrected chi connectivity index (χ2v) is 7.80. The average molecular weight is 350 g/mol. The van der Waals surface area contributed by atoms with E-state index in [2.05, 4.69) is 4.98 Å². The third-order valence-electron chi connectivity index (χ3n) is 3.18. The molecule has 1 aromatic carbocycles. The Balaban J connectivity index is 2.16. The molecule has 1 heterocycles. The molecule has 1 N–H and O–H groups in total. The lowest BCUT2D eigenvalue weighted by atomic mass is 10.2. The number of carbonyl (C=O) groups excluding carboxylic acids is 1. The molecule has 0 saturated heterocycles. The summed E-state index contributed by atoms with van der Waals surface area (Å²) < 4.78 is 0. The van der Waals surface area contributed by atoms with Crippen molar-refractivity contribution in [1.82, 2.24) is 9.88 Å². The highest BCUT2D eigenvalue weighted by Gasteiger charge is 2.20. The number of thioether (sulfide) groups is 1. The number of aliphatic carboxylic acids is 1. The van der Waals surface area contributed by atoms with Gasteiger partial charge < -0.3 is 10.0 Å². The Hall–Kier alpha value is -1.86. The number of benzene rings is 1. The van der Waals surface area contributed by atoms with Crippen LogP contribution >= 0.6 is 23.1 Å². The molecule has 0 aliphatic rings. The normalized spacial score (nSPS) is 12.0. The monoisotopic (exact) mass is 350 g/mol. The molecular formula is C16H18N2O3S2. The van der Waals surface area contributed by atoms with Crippen molar-refractivity contribution in [2.75, 3.05) is 7.05 Å². The average Bonchev–Trinajstić information content (AvgIpc) is 2.92. The van der Waals surface area contributed by atoms with Gasteiger partial charge in [-0.3, -0.25) is 9.59 Å². The van der Waals surface area contributed by atoms with Gasteiger partial charge in [-0.25, -0.2) is 4.98 Å². The first-order valence-electron chi connectivity index (χ1n) is 7.03. The Labute approximate surface area is 143 Å². The van der Waals surface area contributed by atoms with Gasteiger partial charge in [0.15, 0.2) is 0 Å². The molecule has 0 fully saturated rings. The van der Waals surface area contributed by atoms with Crippen molar-refractivity contribution < 1.29 is 14.7 Å². The maximum absolute atomic E-state index is 12.7. The SMILES string of the molecule is Cc1ncc(CN(C)C(=O)c2ccccc2SC(C)C(=O)O)s1. The van der Waals surface area contributed by atoms with Crippen LogP contribution < -0.4 is 0 Å². The Morgan fingerprint density at radius 3 is 2.70 bits per heavy atom. The Morgan fingerprint density at radius 2 is 2.09 bits per heavy atom. The zero-order valence-electron chi connectivity index (χ0n) is 13.1. The zero-order valence-corrected chi connectivity index (χ0v) is 14.8. The molecule has 5 nitrogen and oxygen atoms in total. The topological polar surface area (TPSA) is 70.5 Å². The molecule has 1 aromatic heterocycles. The van der Waals surface area contributed by atoms with E-state index in [1.165, 1.54) is 11.8 Å². The first-order chi connectivity index (χ1) is 10.9. The predicted molar refractivity (Wildman–Crippen MR) is 92.0 cm³/mol. The van der Waals surface area contributed by atoms with E-state index < -0.39 is 11.2 Å². The van der Waals surface area contributed by atoms with E-state index in [0.29, 0.717) is 17.0 Å². The summed E-state index contributed by atoms with van der Waals surface area (Å²) in [5.41, 5.74) is 0.523. The van der Waals surface area contributed by atoms with E-state index in [-0.39, 0.29) is 5.91 Å². The zero-order chi connectivity index (χ0) is 17.0. The summed E-state index contributed by atoms with van der Waals surface area (Å²) in [5, 5.41) is 9.41. The summed E-state index contributed by atoms with van der Waals surface area (Å²) in [5.74, 6) is -1.03. The second-order valence-electron chi connectivity index (χ2n) is 5.10. The first kappa shape index (κ1) is 17.5. The number of aryl methyl sites for hydroxylation is 1. The van der Waals surface area contributed by atoms with E-state index in [9.17, 15) is 9.59 Å². The molecule has 0 bridgehead atoms. The molecule has 0 aliphatic heterocycles. The maximum Gasteiger partial charge on any atom is 0.316 e. The van der Waals surface area contributed by atoms with Gasteiger partial charge in [-0.2, -0.15) is 0 Å². The summed E-state index contributed by atoms with van der Waals surface area (Å²) in [6.45, 7) is 4.02. The number of carboxylic acid groups (broad SMARTS) is 1. The van der Waals surface area contributed by atoms with Crippen molar-refractivity contribution in [2.45, 2.75) is 30.5 Å². The molecule has 0 radical (unpaired) electrons. The van der Waals surface area contributed by atoms with Crippen molar-refractivity contribution in [1.29, 1.82) is 0 Å². The number of rotatable bonds is 6. The number of nitrogens with zero attached hydrogens (tertiary/aromatic N) is 2. The lowest BCUT2D eigenvalue weighted by Crippen LogP contribution is -2.26. The van der Waals surface area contributed by atoms with Gasteiger partial charge in [0, 0.05) is 23.0 Å². The Bertz CT molecular complexity index is 715. The van der Waals surface area contributed by atoms with Crippen molar-refractivity contribution in [3.63, 3.8) is 0 Å². The van der Waals surface area contributed by atoms with Gasteiger partial charge in [0.25, 0.3) is 5.91 Å². The minimum Gasteiger partial charge on any atom is -0.480 e. The van der Waals surface area contributed by atoms with Crippen LogP contribution in [0.3, 0.4) is 0 Å². The van der Waals surface area contributed by atoms with Gasteiger partial charge in [-0.05, 0) is 26.0 Å². The summed E-state index contributed by atoms with van der Waals surface area (Å²) in [6.07, 6.45) is 1.77.